The minimum atomic E-state index is -0.587. The van der Waals surface area contributed by atoms with Gasteiger partial charge in [0.2, 0.25) is 0 Å². The summed E-state index contributed by atoms with van der Waals surface area (Å²) in [5.41, 5.74) is 0.286. The molecular weight excluding hydrogens is 266 g/mol. The zero-order valence-electron chi connectivity index (χ0n) is 10.3. The maximum atomic E-state index is 11.9. The number of carbonyl (C=O) groups is 1. The molecule has 0 aromatic carbocycles. The average molecular weight is 277 g/mol. The minimum Gasteiger partial charge on any atom is -0.465 e. The highest BCUT2D eigenvalue weighted by molar-refractivity contribution is 7.17. The number of hydrogen-bond donors (Lipinski definition) is 0. The quantitative estimate of drug-likeness (QED) is 0.753. The molecule has 0 bridgehead atoms. The lowest BCUT2D eigenvalue weighted by Gasteiger charge is -2.28. The Kier molecular flexibility index (Phi) is 4.00. The SMILES string of the molecule is COC(=O)c1c(N2CCOCC2)sc(C#N)c1C#N. The summed E-state index contributed by atoms with van der Waals surface area (Å²) in [4.78, 5) is 14.0. The Hall–Kier alpha value is -2.09. The topological polar surface area (TPSA) is 86.3 Å². The molecule has 1 saturated heterocycles. The molecule has 0 aliphatic carbocycles. The molecule has 2 heterocycles. The van der Waals surface area contributed by atoms with Crippen LogP contribution < -0.4 is 4.90 Å². The molecule has 1 aliphatic rings. The second-order valence-corrected chi connectivity index (χ2v) is 4.80. The number of thiophene rings is 1. The molecule has 1 aromatic heterocycles. The number of carbonyl (C=O) groups excluding carboxylic acids is 1. The summed E-state index contributed by atoms with van der Waals surface area (Å²) < 4.78 is 9.97. The van der Waals surface area contributed by atoms with Crippen molar-refractivity contribution in [2.24, 2.45) is 0 Å². The van der Waals surface area contributed by atoms with E-state index in [1.165, 1.54) is 7.11 Å². The summed E-state index contributed by atoms with van der Waals surface area (Å²) in [6.45, 7) is 2.37. The van der Waals surface area contributed by atoms with Gasteiger partial charge in [0.15, 0.2) is 0 Å². The molecular formula is C12H11N3O3S. The van der Waals surface area contributed by atoms with Crippen molar-refractivity contribution >= 4 is 22.3 Å². The van der Waals surface area contributed by atoms with Gasteiger partial charge in [0, 0.05) is 13.1 Å². The molecule has 7 heteroatoms. The van der Waals surface area contributed by atoms with Gasteiger partial charge in [-0.25, -0.2) is 4.79 Å². The van der Waals surface area contributed by atoms with Crippen LogP contribution in [0.4, 0.5) is 5.00 Å². The van der Waals surface area contributed by atoms with Gasteiger partial charge in [-0.2, -0.15) is 10.5 Å². The number of rotatable bonds is 2. The van der Waals surface area contributed by atoms with Gasteiger partial charge in [-0.1, -0.05) is 0 Å². The van der Waals surface area contributed by atoms with Crippen LogP contribution in [0.15, 0.2) is 0 Å². The largest absolute Gasteiger partial charge is 0.465 e. The Balaban J connectivity index is 2.53. The maximum Gasteiger partial charge on any atom is 0.342 e. The summed E-state index contributed by atoms with van der Waals surface area (Å²) in [5, 5.41) is 18.8. The minimum absolute atomic E-state index is 0.0980. The van der Waals surface area contributed by atoms with Gasteiger partial charge < -0.3 is 14.4 Å². The van der Waals surface area contributed by atoms with E-state index < -0.39 is 5.97 Å². The van der Waals surface area contributed by atoms with Crippen LogP contribution in [0.1, 0.15) is 20.8 Å². The molecule has 0 radical (unpaired) electrons. The Labute approximate surface area is 114 Å². The van der Waals surface area contributed by atoms with Crippen molar-refractivity contribution < 1.29 is 14.3 Å². The van der Waals surface area contributed by atoms with E-state index in [0.717, 1.165) is 11.3 Å². The summed E-state index contributed by atoms with van der Waals surface area (Å²) in [5.74, 6) is -0.587. The third-order valence-electron chi connectivity index (χ3n) is 2.79. The molecule has 19 heavy (non-hydrogen) atoms. The van der Waals surface area contributed by atoms with Crippen molar-refractivity contribution in [2.45, 2.75) is 0 Å². The molecule has 2 rings (SSSR count). The van der Waals surface area contributed by atoms with Crippen molar-refractivity contribution in [3.05, 3.63) is 16.0 Å². The van der Waals surface area contributed by atoms with E-state index in [2.05, 4.69) is 0 Å². The summed E-state index contributed by atoms with van der Waals surface area (Å²) in [7, 11) is 1.26. The number of esters is 1. The van der Waals surface area contributed by atoms with Crippen molar-refractivity contribution in [3.63, 3.8) is 0 Å². The third-order valence-corrected chi connectivity index (χ3v) is 3.95. The average Bonchev–Trinajstić information content (AvgIpc) is 2.85. The zero-order chi connectivity index (χ0) is 13.8. The van der Waals surface area contributed by atoms with Crippen molar-refractivity contribution in [3.8, 4) is 12.1 Å². The molecule has 0 amide bonds. The van der Waals surface area contributed by atoms with Gasteiger partial charge in [0.25, 0.3) is 0 Å². The highest BCUT2D eigenvalue weighted by Gasteiger charge is 2.28. The predicted molar refractivity (Wildman–Crippen MR) is 68.1 cm³/mol. The monoisotopic (exact) mass is 277 g/mol. The van der Waals surface area contributed by atoms with Gasteiger partial charge in [-0.15, -0.1) is 11.3 Å². The molecule has 1 aromatic rings. The van der Waals surface area contributed by atoms with E-state index in [1.807, 2.05) is 17.0 Å². The molecule has 0 spiro atoms. The maximum absolute atomic E-state index is 11.9. The molecule has 0 saturated carbocycles. The van der Waals surface area contributed by atoms with Crippen molar-refractivity contribution in [2.75, 3.05) is 38.3 Å². The first-order chi connectivity index (χ1) is 9.22. The number of nitrogens with zero attached hydrogens (tertiary/aromatic N) is 3. The fourth-order valence-corrected chi connectivity index (χ4v) is 2.97. The van der Waals surface area contributed by atoms with E-state index in [1.54, 1.807) is 0 Å². The predicted octanol–water partition coefficient (Wildman–Crippen LogP) is 1.11. The van der Waals surface area contributed by atoms with E-state index in [0.29, 0.717) is 31.3 Å². The van der Waals surface area contributed by atoms with Gasteiger partial charge in [-0.05, 0) is 0 Å². The molecule has 0 N–H and O–H groups in total. The van der Waals surface area contributed by atoms with Crippen LogP contribution in [0.2, 0.25) is 0 Å². The zero-order valence-corrected chi connectivity index (χ0v) is 11.1. The molecule has 1 fully saturated rings. The third kappa shape index (κ3) is 2.39. The van der Waals surface area contributed by atoms with Crippen molar-refractivity contribution in [1.29, 1.82) is 10.5 Å². The fraction of sp³-hybridized carbons (Fsp3) is 0.417. The molecule has 0 atom stereocenters. The number of nitriles is 2. The normalized spacial score (nSPS) is 14.6. The van der Waals surface area contributed by atoms with E-state index in [4.69, 9.17) is 20.0 Å². The smallest absolute Gasteiger partial charge is 0.342 e. The first-order valence-electron chi connectivity index (χ1n) is 5.61. The Morgan fingerprint density at radius 2 is 2.05 bits per heavy atom. The number of ether oxygens (including phenoxy) is 2. The number of anilines is 1. The lowest BCUT2D eigenvalue weighted by Crippen LogP contribution is -2.36. The first-order valence-corrected chi connectivity index (χ1v) is 6.42. The number of methoxy groups -OCH3 is 1. The Morgan fingerprint density at radius 3 is 2.58 bits per heavy atom. The van der Waals surface area contributed by atoms with Crippen LogP contribution >= 0.6 is 11.3 Å². The highest BCUT2D eigenvalue weighted by atomic mass is 32.1. The first kappa shape index (κ1) is 13.3. The van der Waals surface area contributed by atoms with Gasteiger partial charge >= 0.3 is 5.97 Å². The highest BCUT2D eigenvalue weighted by Crippen LogP contribution is 2.36. The standard InChI is InChI=1S/C12H11N3O3S/c1-17-12(16)10-8(6-13)9(7-14)19-11(10)15-2-4-18-5-3-15/h2-5H2,1H3. The summed E-state index contributed by atoms with van der Waals surface area (Å²) in [6, 6.07) is 3.87. The van der Waals surface area contributed by atoms with Crippen molar-refractivity contribution in [1.82, 2.24) is 0 Å². The lowest BCUT2D eigenvalue weighted by atomic mass is 10.1. The molecule has 98 valence electrons. The Morgan fingerprint density at radius 1 is 1.37 bits per heavy atom. The number of hydrogen-bond acceptors (Lipinski definition) is 7. The van der Waals surface area contributed by atoms with Crippen LogP contribution in [0.25, 0.3) is 0 Å². The van der Waals surface area contributed by atoms with E-state index in [9.17, 15) is 4.79 Å². The van der Waals surface area contributed by atoms with Crippen LogP contribution in [-0.2, 0) is 9.47 Å². The van der Waals surface area contributed by atoms with Gasteiger partial charge in [-0.3, -0.25) is 0 Å². The molecule has 0 unspecified atom stereocenters. The molecule has 6 nitrogen and oxygen atoms in total. The van der Waals surface area contributed by atoms with Crippen LogP contribution in [0.3, 0.4) is 0 Å². The molecule has 1 aliphatic heterocycles. The second-order valence-electron chi connectivity index (χ2n) is 3.80. The Bertz CT molecular complexity index is 576. The second kappa shape index (κ2) is 5.70. The fourth-order valence-electron chi connectivity index (χ4n) is 1.89. The summed E-state index contributed by atoms with van der Waals surface area (Å²) in [6.07, 6.45) is 0. The van der Waals surface area contributed by atoms with Crippen LogP contribution in [0.5, 0.6) is 0 Å². The summed E-state index contributed by atoms with van der Waals surface area (Å²) >= 11 is 1.15. The van der Waals surface area contributed by atoms with E-state index >= 15 is 0 Å². The van der Waals surface area contributed by atoms with Crippen LogP contribution in [-0.4, -0.2) is 39.4 Å². The lowest BCUT2D eigenvalue weighted by molar-refractivity contribution is 0.0600. The van der Waals surface area contributed by atoms with Gasteiger partial charge in [0.1, 0.15) is 27.6 Å². The van der Waals surface area contributed by atoms with Gasteiger partial charge in [0.05, 0.1) is 25.9 Å². The number of morpholine rings is 1. The van der Waals surface area contributed by atoms with E-state index in [-0.39, 0.29) is 16.0 Å². The van der Waals surface area contributed by atoms with Crippen LogP contribution in [0, 0.1) is 22.7 Å².